The van der Waals surface area contributed by atoms with E-state index in [1.807, 2.05) is 12.1 Å². The molecular formula is C13H17ClN2. The molecule has 86 valence electrons. The third kappa shape index (κ3) is 1.92. The standard InChI is InChI=1S/C13H17ClN2/c14-10-3-5-11(6-4-10)15-12-7-9-16-8-1-2-13(12)16/h3-6,12-13,15H,1-2,7-9H2. The maximum Gasteiger partial charge on any atom is 0.0429 e. The molecule has 2 aliphatic rings. The summed E-state index contributed by atoms with van der Waals surface area (Å²) in [7, 11) is 0. The van der Waals surface area contributed by atoms with Crippen LogP contribution in [-0.4, -0.2) is 30.1 Å². The molecule has 3 heteroatoms. The maximum absolute atomic E-state index is 5.88. The van der Waals surface area contributed by atoms with E-state index in [4.69, 9.17) is 11.6 Å². The minimum absolute atomic E-state index is 0.628. The van der Waals surface area contributed by atoms with Crippen LogP contribution in [-0.2, 0) is 0 Å². The van der Waals surface area contributed by atoms with E-state index in [-0.39, 0.29) is 0 Å². The maximum atomic E-state index is 5.88. The lowest BCUT2D eigenvalue weighted by atomic mass is 10.1. The van der Waals surface area contributed by atoms with Crippen molar-refractivity contribution in [3.8, 4) is 0 Å². The van der Waals surface area contributed by atoms with Crippen molar-refractivity contribution in [3.05, 3.63) is 29.3 Å². The van der Waals surface area contributed by atoms with Crippen molar-refractivity contribution in [2.24, 2.45) is 0 Å². The van der Waals surface area contributed by atoms with Gasteiger partial charge in [-0.05, 0) is 50.1 Å². The molecule has 1 aromatic carbocycles. The second-order valence-electron chi connectivity index (χ2n) is 4.79. The van der Waals surface area contributed by atoms with Crippen molar-refractivity contribution in [2.45, 2.75) is 31.3 Å². The Hall–Kier alpha value is -0.730. The number of halogens is 1. The summed E-state index contributed by atoms with van der Waals surface area (Å²) in [6.07, 6.45) is 3.99. The van der Waals surface area contributed by atoms with E-state index in [1.165, 1.54) is 38.0 Å². The average molecular weight is 237 g/mol. The average Bonchev–Trinajstić information content (AvgIpc) is 2.86. The molecule has 2 heterocycles. The molecule has 1 N–H and O–H groups in total. The Morgan fingerprint density at radius 2 is 1.94 bits per heavy atom. The van der Waals surface area contributed by atoms with Crippen LogP contribution in [0.2, 0.25) is 5.02 Å². The first-order valence-corrected chi connectivity index (χ1v) is 6.47. The summed E-state index contributed by atoms with van der Waals surface area (Å²) in [6.45, 7) is 2.55. The van der Waals surface area contributed by atoms with E-state index in [1.54, 1.807) is 0 Å². The van der Waals surface area contributed by atoms with Crippen LogP contribution < -0.4 is 5.32 Å². The van der Waals surface area contributed by atoms with Crippen molar-refractivity contribution < 1.29 is 0 Å². The monoisotopic (exact) mass is 236 g/mol. The molecule has 1 aromatic rings. The molecule has 0 saturated carbocycles. The van der Waals surface area contributed by atoms with E-state index >= 15 is 0 Å². The van der Waals surface area contributed by atoms with E-state index in [2.05, 4.69) is 22.3 Å². The molecule has 2 unspecified atom stereocenters. The summed E-state index contributed by atoms with van der Waals surface area (Å²) in [5, 5.41) is 4.44. The highest BCUT2D eigenvalue weighted by Gasteiger charge is 2.36. The van der Waals surface area contributed by atoms with Gasteiger partial charge in [-0.15, -0.1) is 0 Å². The van der Waals surface area contributed by atoms with Gasteiger partial charge in [0.15, 0.2) is 0 Å². The van der Waals surface area contributed by atoms with E-state index in [9.17, 15) is 0 Å². The van der Waals surface area contributed by atoms with Gasteiger partial charge in [-0.2, -0.15) is 0 Å². The van der Waals surface area contributed by atoms with Crippen molar-refractivity contribution in [1.82, 2.24) is 4.90 Å². The molecule has 2 aliphatic heterocycles. The summed E-state index contributed by atoms with van der Waals surface area (Å²) in [5.41, 5.74) is 1.20. The molecule has 2 fully saturated rings. The second-order valence-corrected chi connectivity index (χ2v) is 5.23. The summed E-state index contributed by atoms with van der Waals surface area (Å²) in [5.74, 6) is 0. The molecule has 0 amide bonds. The zero-order valence-corrected chi connectivity index (χ0v) is 10.1. The topological polar surface area (TPSA) is 15.3 Å². The molecular weight excluding hydrogens is 220 g/mol. The van der Waals surface area contributed by atoms with Gasteiger partial charge in [-0.3, -0.25) is 4.90 Å². The molecule has 2 saturated heterocycles. The van der Waals surface area contributed by atoms with Crippen LogP contribution in [0.1, 0.15) is 19.3 Å². The summed E-state index contributed by atoms with van der Waals surface area (Å²) in [4.78, 5) is 2.62. The first-order chi connectivity index (χ1) is 7.83. The number of nitrogens with one attached hydrogen (secondary N) is 1. The molecule has 0 spiro atoms. The quantitative estimate of drug-likeness (QED) is 0.849. The fourth-order valence-electron chi connectivity index (χ4n) is 3.01. The lowest BCUT2D eigenvalue weighted by Gasteiger charge is -2.22. The Labute approximate surface area is 102 Å². The Kier molecular flexibility index (Phi) is 2.78. The largest absolute Gasteiger partial charge is 0.381 e. The fraction of sp³-hybridized carbons (Fsp3) is 0.538. The van der Waals surface area contributed by atoms with Gasteiger partial charge >= 0.3 is 0 Å². The Balaban J connectivity index is 1.68. The Morgan fingerprint density at radius 3 is 2.75 bits per heavy atom. The number of anilines is 1. The lowest BCUT2D eigenvalue weighted by Crippen LogP contribution is -2.33. The lowest BCUT2D eigenvalue weighted by molar-refractivity contribution is 0.318. The third-order valence-electron chi connectivity index (χ3n) is 3.80. The van der Waals surface area contributed by atoms with Crippen molar-refractivity contribution in [2.75, 3.05) is 18.4 Å². The van der Waals surface area contributed by atoms with E-state index in [0.29, 0.717) is 6.04 Å². The predicted molar refractivity (Wildman–Crippen MR) is 68.1 cm³/mol. The number of hydrogen-bond acceptors (Lipinski definition) is 2. The van der Waals surface area contributed by atoms with Gasteiger partial charge in [-0.1, -0.05) is 11.6 Å². The minimum Gasteiger partial charge on any atom is -0.381 e. The number of fused-ring (bicyclic) bond motifs is 1. The predicted octanol–water partition coefficient (Wildman–Crippen LogP) is 2.99. The van der Waals surface area contributed by atoms with Crippen LogP contribution in [0.4, 0.5) is 5.69 Å². The van der Waals surface area contributed by atoms with Crippen LogP contribution in [0.5, 0.6) is 0 Å². The SMILES string of the molecule is Clc1ccc(NC2CCN3CCCC23)cc1. The van der Waals surface area contributed by atoms with Crippen molar-refractivity contribution in [1.29, 1.82) is 0 Å². The van der Waals surface area contributed by atoms with Gasteiger partial charge in [-0.25, -0.2) is 0 Å². The Morgan fingerprint density at radius 1 is 1.12 bits per heavy atom. The van der Waals surface area contributed by atoms with Crippen molar-refractivity contribution in [3.63, 3.8) is 0 Å². The Bertz CT molecular complexity index is 363. The summed E-state index contributed by atoms with van der Waals surface area (Å²) in [6, 6.07) is 9.43. The van der Waals surface area contributed by atoms with Crippen LogP contribution >= 0.6 is 11.6 Å². The number of benzene rings is 1. The molecule has 2 nitrogen and oxygen atoms in total. The van der Waals surface area contributed by atoms with Gasteiger partial charge in [0, 0.05) is 29.3 Å². The molecule has 0 bridgehead atoms. The fourth-order valence-corrected chi connectivity index (χ4v) is 3.14. The van der Waals surface area contributed by atoms with Gasteiger partial charge in [0.2, 0.25) is 0 Å². The zero-order valence-electron chi connectivity index (χ0n) is 9.32. The number of rotatable bonds is 2. The van der Waals surface area contributed by atoms with Gasteiger partial charge < -0.3 is 5.32 Å². The normalized spacial score (nSPS) is 29.3. The van der Waals surface area contributed by atoms with Crippen LogP contribution in [0.15, 0.2) is 24.3 Å². The van der Waals surface area contributed by atoms with Crippen LogP contribution in [0, 0.1) is 0 Å². The first-order valence-electron chi connectivity index (χ1n) is 6.09. The molecule has 16 heavy (non-hydrogen) atoms. The highest BCUT2D eigenvalue weighted by molar-refractivity contribution is 6.30. The van der Waals surface area contributed by atoms with Crippen LogP contribution in [0.3, 0.4) is 0 Å². The minimum atomic E-state index is 0.628. The molecule has 0 aromatic heterocycles. The second kappa shape index (κ2) is 4.27. The van der Waals surface area contributed by atoms with Gasteiger partial charge in [0.1, 0.15) is 0 Å². The van der Waals surface area contributed by atoms with Crippen molar-refractivity contribution >= 4 is 17.3 Å². The number of hydrogen-bond donors (Lipinski definition) is 1. The van der Waals surface area contributed by atoms with Crippen LogP contribution in [0.25, 0.3) is 0 Å². The summed E-state index contributed by atoms with van der Waals surface area (Å²) < 4.78 is 0. The molecule has 2 atom stereocenters. The zero-order chi connectivity index (χ0) is 11.0. The smallest absolute Gasteiger partial charge is 0.0429 e. The van der Waals surface area contributed by atoms with Gasteiger partial charge in [0.25, 0.3) is 0 Å². The van der Waals surface area contributed by atoms with E-state index < -0.39 is 0 Å². The summed E-state index contributed by atoms with van der Waals surface area (Å²) >= 11 is 5.88. The third-order valence-corrected chi connectivity index (χ3v) is 4.05. The van der Waals surface area contributed by atoms with Gasteiger partial charge in [0.05, 0.1) is 0 Å². The first kappa shape index (κ1) is 10.4. The highest BCUT2D eigenvalue weighted by Crippen LogP contribution is 2.30. The molecule has 0 aliphatic carbocycles. The highest BCUT2D eigenvalue weighted by atomic mass is 35.5. The molecule has 0 radical (unpaired) electrons. The van der Waals surface area contributed by atoms with E-state index in [0.717, 1.165) is 11.1 Å². The molecule has 3 rings (SSSR count). The number of nitrogens with zero attached hydrogens (tertiary/aromatic N) is 1.